The number of aromatic nitrogens is 3. The van der Waals surface area contributed by atoms with Gasteiger partial charge in [-0.05, 0) is 37.5 Å². The predicted molar refractivity (Wildman–Crippen MR) is 118 cm³/mol. The summed E-state index contributed by atoms with van der Waals surface area (Å²) < 4.78 is 24.5. The molecule has 3 unspecified atom stereocenters. The van der Waals surface area contributed by atoms with Gasteiger partial charge in [0.25, 0.3) is 0 Å². The maximum absolute atomic E-state index is 13.1. The number of anilines is 1. The number of carbonyl (C=O) groups excluding carboxylic acids is 1. The molecule has 1 N–H and O–H groups in total. The van der Waals surface area contributed by atoms with Crippen molar-refractivity contribution in [3.8, 4) is 5.75 Å². The highest BCUT2D eigenvalue weighted by Crippen LogP contribution is 2.59. The van der Waals surface area contributed by atoms with E-state index >= 15 is 0 Å². The third-order valence-electron chi connectivity index (χ3n) is 5.68. The van der Waals surface area contributed by atoms with Crippen LogP contribution < -0.4 is 10.1 Å². The third-order valence-corrected chi connectivity index (χ3v) is 5.98. The summed E-state index contributed by atoms with van der Waals surface area (Å²) in [5, 5.41) is 2.63. The van der Waals surface area contributed by atoms with Crippen LogP contribution in [-0.2, 0) is 16.1 Å². The smallest absolute Gasteiger partial charge is 0.229 e. The van der Waals surface area contributed by atoms with E-state index in [4.69, 9.17) is 21.1 Å². The molecule has 0 bridgehead atoms. The van der Waals surface area contributed by atoms with Crippen LogP contribution in [0.3, 0.4) is 0 Å². The van der Waals surface area contributed by atoms with Crippen LogP contribution in [0.2, 0.25) is 0 Å². The molecule has 0 saturated heterocycles. The minimum Gasteiger partial charge on any atom is -0.489 e. The van der Waals surface area contributed by atoms with Gasteiger partial charge in [0.05, 0.1) is 36.9 Å². The standard InChI is InChI=1S/C23H24ClFN4O3/c1-14-26-11-20(19(28-14)12-31-2)32-13-23(15-4-3-5-16(24)8-15)9-18(23)22(30)29-21-7-6-17(25)10-27-21/h3-4,6-8,10-11,16,18H,5,9,12-13H2,1-2H3,(H,27,29,30). The Morgan fingerprint density at radius 3 is 2.91 bits per heavy atom. The molecule has 32 heavy (non-hydrogen) atoms. The van der Waals surface area contributed by atoms with Gasteiger partial charge in [-0.3, -0.25) is 4.79 Å². The van der Waals surface area contributed by atoms with Crippen LogP contribution in [0.5, 0.6) is 5.75 Å². The molecule has 0 aromatic carbocycles. The second kappa shape index (κ2) is 9.34. The van der Waals surface area contributed by atoms with E-state index in [1.807, 2.05) is 18.2 Å². The SMILES string of the molecule is COCc1nc(C)ncc1OCC1(C2=CC(Cl)CC=C2)CC1C(=O)Nc1ccc(F)cn1. The summed E-state index contributed by atoms with van der Waals surface area (Å²) in [6.07, 6.45) is 10.0. The van der Waals surface area contributed by atoms with Gasteiger partial charge in [0.1, 0.15) is 23.2 Å². The monoisotopic (exact) mass is 458 g/mol. The van der Waals surface area contributed by atoms with E-state index in [2.05, 4.69) is 20.3 Å². The normalized spacial score (nSPS) is 24.1. The molecule has 0 radical (unpaired) electrons. The topological polar surface area (TPSA) is 86.2 Å². The molecule has 4 rings (SSSR count). The first kappa shape index (κ1) is 22.4. The van der Waals surface area contributed by atoms with Gasteiger partial charge in [0.15, 0.2) is 5.75 Å². The fourth-order valence-corrected chi connectivity index (χ4v) is 4.16. The lowest BCUT2D eigenvalue weighted by Crippen LogP contribution is -2.26. The molecule has 3 atom stereocenters. The van der Waals surface area contributed by atoms with Gasteiger partial charge in [-0.2, -0.15) is 0 Å². The van der Waals surface area contributed by atoms with Crippen molar-refractivity contribution in [2.75, 3.05) is 19.0 Å². The molecule has 2 aromatic rings. The lowest BCUT2D eigenvalue weighted by molar-refractivity contribution is -0.118. The van der Waals surface area contributed by atoms with Gasteiger partial charge in [-0.1, -0.05) is 18.2 Å². The van der Waals surface area contributed by atoms with Crippen molar-refractivity contribution in [2.24, 2.45) is 11.3 Å². The summed E-state index contributed by atoms with van der Waals surface area (Å²) in [4.78, 5) is 25.5. The highest BCUT2D eigenvalue weighted by Gasteiger charge is 2.61. The number of hydrogen-bond donors (Lipinski definition) is 1. The van der Waals surface area contributed by atoms with E-state index in [1.165, 1.54) is 12.1 Å². The first-order valence-electron chi connectivity index (χ1n) is 10.3. The molecule has 1 fully saturated rings. The van der Waals surface area contributed by atoms with Gasteiger partial charge in [-0.15, -0.1) is 11.6 Å². The maximum atomic E-state index is 13.1. The minimum atomic E-state index is -0.538. The number of methoxy groups -OCH3 is 1. The molecule has 1 saturated carbocycles. The van der Waals surface area contributed by atoms with Gasteiger partial charge in [0.2, 0.25) is 5.91 Å². The Balaban J connectivity index is 1.55. The van der Waals surface area contributed by atoms with E-state index < -0.39 is 11.2 Å². The summed E-state index contributed by atoms with van der Waals surface area (Å²) >= 11 is 6.37. The largest absolute Gasteiger partial charge is 0.489 e. The van der Waals surface area contributed by atoms with Crippen molar-refractivity contribution in [2.45, 2.75) is 31.7 Å². The number of nitrogens with one attached hydrogen (secondary N) is 1. The number of rotatable bonds is 8. The van der Waals surface area contributed by atoms with Gasteiger partial charge in [-0.25, -0.2) is 19.3 Å². The molecular weight excluding hydrogens is 435 g/mol. The number of pyridine rings is 1. The Kier molecular flexibility index (Phi) is 6.53. The second-order valence-corrected chi connectivity index (χ2v) is 8.55. The van der Waals surface area contributed by atoms with Crippen LogP contribution in [0.25, 0.3) is 0 Å². The van der Waals surface area contributed by atoms with Crippen molar-refractivity contribution in [3.05, 3.63) is 65.7 Å². The van der Waals surface area contributed by atoms with Crippen LogP contribution in [0.1, 0.15) is 24.4 Å². The molecule has 0 aliphatic heterocycles. The number of ether oxygens (including phenoxy) is 2. The fourth-order valence-electron chi connectivity index (χ4n) is 3.92. The van der Waals surface area contributed by atoms with E-state index in [1.54, 1.807) is 20.2 Å². The highest BCUT2D eigenvalue weighted by molar-refractivity contribution is 6.22. The highest BCUT2D eigenvalue weighted by atomic mass is 35.5. The number of aryl methyl sites for hydroxylation is 1. The molecule has 0 spiro atoms. The number of alkyl halides is 1. The zero-order chi connectivity index (χ0) is 22.7. The van der Waals surface area contributed by atoms with Crippen LogP contribution in [0.4, 0.5) is 10.2 Å². The van der Waals surface area contributed by atoms with E-state index in [0.29, 0.717) is 29.5 Å². The molecule has 2 heterocycles. The van der Waals surface area contributed by atoms with Crippen LogP contribution >= 0.6 is 11.6 Å². The van der Waals surface area contributed by atoms with Gasteiger partial charge in [0, 0.05) is 12.5 Å². The van der Waals surface area contributed by atoms with E-state index in [9.17, 15) is 9.18 Å². The number of hydrogen-bond acceptors (Lipinski definition) is 6. The zero-order valence-corrected chi connectivity index (χ0v) is 18.6. The average molecular weight is 459 g/mol. The minimum absolute atomic E-state index is 0.137. The number of nitrogens with zero attached hydrogens (tertiary/aromatic N) is 3. The molecule has 2 aliphatic rings. The summed E-state index contributed by atoms with van der Waals surface area (Å²) in [6, 6.07) is 2.69. The summed E-state index contributed by atoms with van der Waals surface area (Å²) in [5.74, 6) is 0.439. The number of allylic oxidation sites excluding steroid dienone is 3. The fraction of sp³-hybridized carbons (Fsp3) is 0.391. The van der Waals surface area contributed by atoms with E-state index in [0.717, 1.165) is 18.2 Å². The van der Waals surface area contributed by atoms with Gasteiger partial charge >= 0.3 is 0 Å². The average Bonchev–Trinajstić information content (AvgIpc) is 3.51. The molecule has 2 aromatic heterocycles. The van der Waals surface area contributed by atoms with Crippen LogP contribution in [0.15, 0.2) is 48.3 Å². The molecule has 168 valence electrons. The van der Waals surface area contributed by atoms with Crippen molar-refractivity contribution in [3.63, 3.8) is 0 Å². The number of carbonyl (C=O) groups is 1. The summed E-state index contributed by atoms with van der Waals surface area (Å²) in [7, 11) is 1.59. The lowest BCUT2D eigenvalue weighted by Gasteiger charge is -2.23. The Morgan fingerprint density at radius 2 is 2.19 bits per heavy atom. The maximum Gasteiger partial charge on any atom is 0.229 e. The molecule has 1 amide bonds. The lowest BCUT2D eigenvalue weighted by atomic mass is 9.89. The van der Waals surface area contributed by atoms with Crippen molar-refractivity contribution >= 4 is 23.3 Å². The Bertz CT molecular complexity index is 1060. The summed E-state index contributed by atoms with van der Waals surface area (Å²) in [6.45, 7) is 2.34. The first-order valence-corrected chi connectivity index (χ1v) is 10.7. The molecule has 7 nitrogen and oxygen atoms in total. The van der Waals surface area contributed by atoms with Gasteiger partial charge < -0.3 is 14.8 Å². The third kappa shape index (κ3) is 4.81. The van der Waals surface area contributed by atoms with E-state index in [-0.39, 0.29) is 30.4 Å². The second-order valence-electron chi connectivity index (χ2n) is 7.99. The number of amides is 1. The molecule has 9 heteroatoms. The van der Waals surface area contributed by atoms with Crippen molar-refractivity contribution in [1.29, 1.82) is 0 Å². The van der Waals surface area contributed by atoms with Crippen molar-refractivity contribution < 1.29 is 18.7 Å². The Morgan fingerprint density at radius 1 is 1.34 bits per heavy atom. The Labute approximate surface area is 190 Å². The molecule has 2 aliphatic carbocycles. The molecular formula is C23H24ClFN4O3. The predicted octanol–water partition coefficient (Wildman–Crippen LogP) is 3.98. The Hall–Kier alpha value is -2.84. The van der Waals surface area contributed by atoms with Crippen molar-refractivity contribution in [1.82, 2.24) is 15.0 Å². The summed E-state index contributed by atoms with van der Waals surface area (Å²) in [5.41, 5.74) is 1.08. The quantitative estimate of drug-likeness (QED) is 0.602. The number of halogens is 2. The van der Waals surface area contributed by atoms with Crippen LogP contribution in [-0.4, -0.2) is 40.0 Å². The zero-order valence-electron chi connectivity index (χ0n) is 17.8. The first-order chi connectivity index (χ1) is 15.4. The van der Waals surface area contributed by atoms with Crippen LogP contribution in [0, 0.1) is 24.1 Å².